The van der Waals surface area contributed by atoms with Gasteiger partial charge in [-0.2, -0.15) is 0 Å². The molecule has 4 rings (SSSR count). The van der Waals surface area contributed by atoms with Crippen molar-refractivity contribution in [3.8, 4) is 0 Å². The Balaban J connectivity index is 1.57. The van der Waals surface area contributed by atoms with Gasteiger partial charge in [-0.05, 0) is 17.7 Å². The summed E-state index contributed by atoms with van der Waals surface area (Å²) in [7, 11) is 0. The first-order valence-corrected chi connectivity index (χ1v) is 7.89. The van der Waals surface area contributed by atoms with E-state index in [1.807, 2.05) is 6.07 Å². The predicted molar refractivity (Wildman–Crippen MR) is 84.4 cm³/mol. The Labute approximate surface area is 138 Å². The fourth-order valence-electron chi connectivity index (χ4n) is 3.50. The zero-order valence-electron chi connectivity index (χ0n) is 13.0. The molecule has 24 heavy (non-hydrogen) atoms. The third kappa shape index (κ3) is 2.50. The fraction of sp³-hybridized carbons (Fsp3) is 0.353. The summed E-state index contributed by atoms with van der Waals surface area (Å²) in [6, 6.07) is 6.15. The van der Waals surface area contributed by atoms with Crippen LogP contribution >= 0.6 is 0 Å². The van der Waals surface area contributed by atoms with Crippen LogP contribution in [0, 0.1) is 5.82 Å². The largest absolute Gasteiger partial charge is 0.391 e. The number of carbonyl (C=O) groups is 1. The first kappa shape index (κ1) is 15.0. The second-order valence-electron chi connectivity index (χ2n) is 6.20. The van der Waals surface area contributed by atoms with Crippen molar-refractivity contribution in [1.29, 1.82) is 0 Å². The van der Waals surface area contributed by atoms with E-state index >= 15 is 0 Å². The number of hydrogen-bond donors (Lipinski definition) is 1. The van der Waals surface area contributed by atoms with Crippen molar-refractivity contribution in [2.75, 3.05) is 11.4 Å². The molecule has 2 aliphatic heterocycles. The highest BCUT2D eigenvalue weighted by Gasteiger charge is 2.40. The highest BCUT2D eigenvalue weighted by atomic mass is 19.1. The summed E-state index contributed by atoms with van der Waals surface area (Å²) in [5, 5.41) is 10.0. The van der Waals surface area contributed by atoms with Gasteiger partial charge < -0.3 is 14.9 Å². The molecule has 1 N–H and O–H groups in total. The summed E-state index contributed by atoms with van der Waals surface area (Å²) in [4.78, 5) is 24.5. The lowest BCUT2D eigenvalue weighted by molar-refractivity contribution is -0.133. The van der Waals surface area contributed by atoms with Gasteiger partial charge in [0.05, 0.1) is 6.10 Å². The lowest BCUT2D eigenvalue weighted by atomic mass is 10.1. The van der Waals surface area contributed by atoms with E-state index in [9.17, 15) is 14.3 Å². The molecular weight excluding hydrogens is 311 g/mol. The standard InChI is InChI=1S/C17H17FN4O2/c18-14-3-1-2-11-7-21(9-13(11)14)17(24)15-6-12(23)8-22(15)16-4-5-19-10-20-16/h1-5,10,12,15,23H,6-9H2. The third-order valence-electron chi connectivity index (χ3n) is 4.66. The molecule has 0 aliphatic carbocycles. The van der Waals surface area contributed by atoms with Crippen molar-refractivity contribution in [3.05, 3.63) is 53.7 Å². The number of rotatable bonds is 2. The molecule has 1 saturated heterocycles. The van der Waals surface area contributed by atoms with Gasteiger partial charge in [0, 0.05) is 37.8 Å². The van der Waals surface area contributed by atoms with Crippen LogP contribution in [-0.4, -0.2) is 44.6 Å². The molecule has 1 aromatic heterocycles. The number of aliphatic hydroxyl groups excluding tert-OH is 1. The molecule has 124 valence electrons. The van der Waals surface area contributed by atoms with Gasteiger partial charge >= 0.3 is 0 Å². The summed E-state index contributed by atoms with van der Waals surface area (Å²) in [6.45, 7) is 1.02. The number of carbonyl (C=O) groups excluding carboxylic acids is 1. The highest BCUT2D eigenvalue weighted by molar-refractivity contribution is 5.86. The van der Waals surface area contributed by atoms with Gasteiger partial charge in [-0.3, -0.25) is 4.79 Å². The maximum Gasteiger partial charge on any atom is 0.246 e. The van der Waals surface area contributed by atoms with Crippen molar-refractivity contribution < 1.29 is 14.3 Å². The Kier molecular flexibility index (Phi) is 3.65. The molecule has 0 bridgehead atoms. The number of anilines is 1. The van der Waals surface area contributed by atoms with E-state index in [4.69, 9.17) is 0 Å². The molecule has 1 amide bonds. The van der Waals surface area contributed by atoms with Crippen molar-refractivity contribution in [2.24, 2.45) is 0 Å². The van der Waals surface area contributed by atoms with E-state index in [-0.39, 0.29) is 18.3 Å². The third-order valence-corrected chi connectivity index (χ3v) is 4.66. The van der Waals surface area contributed by atoms with Crippen molar-refractivity contribution in [2.45, 2.75) is 31.7 Å². The lowest BCUT2D eigenvalue weighted by Crippen LogP contribution is -2.44. The molecule has 1 aromatic carbocycles. The quantitative estimate of drug-likeness (QED) is 0.894. The molecule has 0 saturated carbocycles. The maximum atomic E-state index is 13.9. The molecule has 0 spiro atoms. The van der Waals surface area contributed by atoms with E-state index in [1.54, 1.807) is 28.1 Å². The van der Waals surface area contributed by atoms with E-state index in [0.29, 0.717) is 30.9 Å². The number of aliphatic hydroxyl groups is 1. The van der Waals surface area contributed by atoms with Gasteiger partial charge in [0.1, 0.15) is 24.0 Å². The lowest BCUT2D eigenvalue weighted by Gasteiger charge is -2.28. The van der Waals surface area contributed by atoms with Gasteiger partial charge in [0.25, 0.3) is 0 Å². The number of β-amino-alcohol motifs (C(OH)–C–C–N with tert-alkyl or cyclic N) is 1. The Morgan fingerprint density at radius 1 is 1.29 bits per heavy atom. The molecule has 1 fully saturated rings. The number of aromatic nitrogens is 2. The van der Waals surface area contributed by atoms with Gasteiger partial charge in [-0.1, -0.05) is 12.1 Å². The van der Waals surface area contributed by atoms with Crippen LogP contribution in [0.3, 0.4) is 0 Å². The van der Waals surface area contributed by atoms with Gasteiger partial charge in [-0.15, -0.1) is 0 Å². The Morgan fingerprint density at radius 2 is 2.17 bits per heavy atom. The van der Waals surface area contributed by atoms with Crippen LogP contribution in [0.2, 0.25) is 0 Å². The van der Waals surface area contributed by atoms with Crippen LogP contribution in [0.15, 0.2) is 36.8 Å². The second-order valence-corrected chi connectivity index (χ2v) is 6.20. The summed E-state index contributed by atoms with van der Waals surface area (Å²) in [5.41, 5.74) is 1.42. The average Bonchev–Trinajstić information content (AvgIpc) is 3.20. The maximum absolute atomic E-state index is 13.9. The summed E-state index contributed by atoms with van der Waals surface area (Å²) >= 11 is 0. The van der Waals surface area contributed by atoms with Crippen LogP contribution in [0.5, 0.6) is 0 Å². The average molecular weight is 328 g/mol. The summed E-state index contributed by atoms with van der Waals surface area (Å²) in [5.74, 6) is 0.227. The van der Waals surface area contributed by atoms with E-state index in [1.165, 1.54) is 12.4 Å². The van der Waals surface area contributed by atoms with Crippen LogP contribution < -0.4 is 4.90 Å². The highest BCUT2D eigenvalue weighted by Crippen LogP contribution is 2.30. The zero-order valence-corrected chi connectivity index (χ0v) is 13.0. The Bertz CT molecular complexity index is 770. The number of nitrogens with zero attached hydrogens (tertiary/aromatic N) is 4. The van der Waals surface area contributed by atoms with E-state index in [2.05, 4.69) is 9.97 Å². The first-order chi connectivity index (χ1) is 11.6. The second kappa shape index (κ2) is 5.83. The van der Waals surface area contributed by atoms with E-state index in [0.717, 1.165) is 5.56 Å². The molecule has 2 aliphatic rings. The number of halogens is 1. The van der Waals surface area contributed by atoms with Crippen LogP contribution in [0.25, 0.3) is 0 Å². The molecule has 2 atom stereocenters. The normalized spacial score (nSPS) is 22.8. The predicted octanol–water partition coefficient (Wildman–Crippen LogP) is 1.10. The molecule has 3 heterocycles. The molecule has 7 heteroatoms. The molecular formula is C17H17FN4O2. The van der Waals surface area contributed by atoms with Crippen molar-refractivity contribution in [3.63, 3.8) is 0 Å². The minimum atomic E-state index is -0.587. The molecule has 0 radical (unpaired) electrons. The van der Waals surface area contributed by atoms with Gasteiger partial charge in [0.15, 0.2) is 0 Å². The fourth-order valence-corrected chi connectivity index (χ4v) is 3.50. The SMILES string of the molecule is O=C(C1CC(O)CN1c1ccncn1)N1Cc2cccc(F)c2C1. The van der Waals surface area contributed by atoms with Crippen LogP contribution in [-0.2, 0) is 17.9 Å². The molecule has 6 nitrogen and oxygen atoms in total. The van der Waals surface area contributed by atoms with E-state index < -0.39 is 12.1 Å². The minimum absolute atomic E-state index is 0.110. The van der Waals surface area contributed by atoms with Gasteiger partial charge in [0.2, 0.25) is 5.91 Å². The number of hydrogen-bond acceptors (Lipinski definition) is 5. The Morgan fingerprint density at radius 3 is 2.92 bits per heavy atom. The minimum Gasteiger partial charge on any atom is -0.391 e. The topological polar surface area (TPSA) is 69.6 Å². The molecule has 2 aromatic rings. The van der Waals surface area contributed by atoms with Crippen LogP contribution in [0.1, 0.15) is 17.5 Å². The van der Waals surface area contributed by atoms with Crippen LogP contribution in [0.4, 0.5) is 10.2 Å². The first-order valence-electron chi connectivity index (χ1n) is 7.89. The number of fused-ring (bicyclic) bond motifs is 1. The summed E-state index contributed by atoms with van der Waals surface area (Å²) < 4.78 is 13.9. The monoisotopic (exact) mass is 328 g/mol. The molecule has 2 unspecified atom stereocenters. The Hall–Kier alpha value is -2.54. The van der Waals surface area contributed by atoms with Crippen molar-refractivity contribution >= 4 is 11.7 Å². The number of benzene rings is 1. The zero-order chi connectivity index (χ0) is 16.7. The smallest absolute Gasteiger partial charge is 0.246 e. The number of amides is 1. The summed E-state index contributed by atoms with van der Waals surface area (Å²) in [6.07, 6.45) is 2.78. The van der Waals surface area contributed by atoms with Gasteiger partial charge in [-0.25, -0.2) is 14.4 Å². The van der Waals surface area contributed by atoms with Crippen molar-refractivity contribution in [1.82, 2.24) is 14.9 Å².